The Kier molecular flexibility index (Phi) is 11.0. The molecule has 0 N–H and O–H groups in total. The average molecular weight is 751 g/mol. The predicted octanol–water partition coefficient (Wildman–Crippen LogP) is 13.5. The Morgan fingerprint density at radius 2 is 1.29 bits per heavy atom. The summed E-state index contributed by atoms with van der Waals surface area (Å²) < 4.78 is 74.6. The summed E-state index contributed by atoms with van der Waals surface area (Å²) in [6.07, 6.45) is 2.51. The molecule has 0 aromatic heterocycles. The van der Waals surface area contributed by atoms with Crippen molar-refractivity contribution >= 4 is 16.8 Å². The summed E-state index contributed by atoms with van der Waals surface area (Å²) >= 11 is 0. The van der Waals surface area contributed by atoms with Gasteiger partial charge in [-0.15, -0.1) is 0 Å². The molecular weight excluding hydrogens is 701 g/mol. The van der Waals surface area contributed by atoms with E-state index in [2.05, 4.69) is 69.3 Å². The van der Waals surface area contributed by atoms with E-state index in [1.165, 1.54) is 0 Å². The van der Waals surface area contributed by atoms with Crippen molar-refractivity contribution in [3.8, 4) is 28.4 Å². The molecule has 7 heteroatoms. The van der Waals surface area contributed by atoms with Gasteiger partial charge in [-0.25, -0.2) is 0 Å². The van der Waals surface area contributed by atoms with Gasteiger partial charge in [0.2, 0.25) is 0 Å². The van der Waals surface area contributed by atoms with Gasteiger partial charge in [-0.1, -0.05) is 85.6 Å². The number of unbranched alkanes of at least 4 members (excludes halogenated alkanes) is 1. The van der Waals surface area contributed by atoms with E-state index in [-0.39, 0.29) is 12.8 Å². The van der Waals surface area contributed by atoms with Gasteiger partial charge in [0, 0.05) is 33.9 Å². The molecule has 2 aliphatic rings. The van der Waals surface area contributed by atoms with Crippen LogP contribution in [0.25, 0.3) is 28.0 Å². The Bertz CT molecular complexity index is 2120. The highest BCUT2D eigenvalue weighted by atomic mass is 19.4. The van der Waals surface area contributed by atoms with Gasteiger partial charge >= 0.3 is 6.18 Å². The van der Waals surface area contributed by atoms with Gasteiger partial charge in [-0.3, -0.25) is 4.39 Å². The van der Waals surface area contributed by atoms with Crippen molar-refractivity contribution in [2.45, 2.75) is 96.3 Å². The highest BCUT2D eigenvalue weighted by Crippen LogP contribution is 2.61. The van der Waals surface area contributed by atoms with Crippen LogP contribution in [-0.4, -0.2) is 26.1 Å². The Balaban J connectivity index is 1.49. The normalized spacial score (nSPS) is 16.7. The molecule has 1 heterocycles. The Hall–Kier alpha value is -4.78. The summed E-state index contributed by atoms with van der Waals surface area (Å²) in [5.41, 5.74) is 7.02. The van der Waals surface area contributed by atoms with Gasteiger partial charge in [0.25, 0.3) is 0 Å². The first-order valence-electron chi connectivity index (χ1n) is 19.7. The van der Waals surface area contributed by atoms with Crippen molar-refractivity contribution in [3.05, 3.63) is 130 Å². The monoisotopic (exact) mass is 750 g/mol. The number of ether oxygens (including phenoxy) is 3. The number of benzene rings is 5. The van der Waals surface area contributed by atoms with Crippen molar-refractivity contribution in [1.29, 1.82) is 0 Å². The smallest absolute Gasteiger partial charge is 0.389 e. The van der Waals surface area contributed by atoms with Crippen molar-refractivity contribution in [2.75, 3.05) is 19.9 Å². The lowest BCUT2D eigenvalue weighted by atomic mass is 9.68. The van der Waals surface area contributed by atoms with E-state index < -0.39 is 30.3 Å². The maximum Gasteiger partial charge on any atom is 0.389 e. The summed E-state index contributed by atoms with van der Waals surface area (Å²) in [6, 6.07) is 28.8. The number of halogens is 4. The van der Waals surface area contributed by atoms with Crippen molar-refractivity contribution < 1.29 is 31.8 Å². The van der Waals surface area contributed by atoms with E-state index >= 15 is 0 Å². The van der Waals surface area contributed by atoms with Crippen LogP contribution >= 0.6 is 0 Å². The number of fused-ring (bicyclic) bond motifs is 8. The summed E-state index contributed by atoms with van der Waals surface area (Å²) in [6.45, 7) is 8.98. The molecule has 3 nitrogen and oxygen atoms in total. The third kappa shape index (κ3) is 7.35. The second-order valence-electron chi connectivity index (χ2n) is 15.2. The lowest BCUT2D eigenvalue weighted by molar-refractivity contribution is -0.136. The molecule has 288 valence electrons. The van der Waals surface area contributed by atoms with Crippen LogP contribution in [0.2, 0.25) is 0 Å². The fourth-order valence-electron chi connectivity index (χ4n) is 8.71. The fourth-order valence-corrected chi connectivity index (χ4v) is 8.71. The Labute approximate surface area is 322 Å². The zero-order chi connectivity index (χ0) is 38.8. The summed E-state index contributed by atoms with van der Waals surface area (Å²) in [4.78, 5) is 0. The molecule has 0 bridgehead atoms. The highest BCUT2D eigenvalue weighted by Gasteiger charge is 2.48. The maximum atomic E-state index is 13.8. The lowest BCUT2D eigenvalue weighted by Crippen LogP contribution is -2.35. The molecular formula is C48H50F4O3. The van der Waals surface area contributed by atoms with Crippen LogP contribution in [0.15, 0.2) is 91.0 Å². The van der Waals surface area contributed by atoms with E-state index in [1.54, 1.807) is 0 Å². The van der Waals surface area contributed by atoms with E-state index in [4.69, 9.17) is 14.2 Å². The van der Waals surface area contributed by atoms with Crippen LogP contribution in [0.3, 0.4) is 0 Å². The van der Waals surface area contributed by atoms with Gasteiger partial charge in [0.15, 0.2) is 5.60 Å². The van der Waals surface area contributed by atoms with E-state index in [0.717, 1.165) is 85.2 Å². The van der Waals surface area contributed by atoms with Crippen LogP contribution in [0.1, 0.15) is 104 Å². The van der Waals surface area contributed by atoms with Gasteiger partial charge in [0.05, 0.1) is 19.9 Å². The standard InChI is InChI=1S/C48H50F4O3/c1-5-28-53-36-16-12-34(13-17-36)47(35-14-18-37(19-15-35)54-29-6-2)26-22-40-44-43(38-20-10-32(3)30-41(38)45(40)55-47)39-21-11-33(4)31-42(39)46(44,23-7-8-27-49)24-9-25-48(50,51)52/h10-22,26,30-31H,5-9,23-25,27-29H2,1-4H3. The molecule has 1 aliphatic heterocycles. The maximum absolute atomic E-state index is 13.8. The molecule has 0 amide bonds. The molecule has 1 aliphatic carbocycles. The summed E-state index contributed by atoms with van der Waals surface area (Å²) in [5, 5.41) is 1.93. The SMILES string of the molecule is CCCOc1ccc(C2(c3ccc(OCCC)cc3)C=Cc3c4c(c5ccc(C)cc5c3O2)-c2ccc(C)cc2C4(CCCCF)CCCC(F)(F)F)cc1. The van der Waals surface area contributed by atoms with Gasteiger partial charge in [-0.2, -0.15) is 13.2 Å². The second kappa shape index (κ2) is 15.8. The average Bonchev–Trinajstić information content (AvgIpc) is 3.45. The van der Waals surface area contributed by atoms with E-state index in [1.807, 2.05) is 55.5 Å². The quantitative estimate of drug-likeness (QED) is 0.0788. The molecule has 55 heavy (non-hydrogen) atoms. The molecule has 0 saturated carbocycles. The van der Waals surface area contributed by atoms with Gasteiger partial charge < -0.3 is 14.2 Å². The molecule has 0 spiro atoms. The molecule has 7 rings (SSSR count). The zero-order valence-electron chi connectivity index (χ0n) is 32.3. The lowest BCUT2D eigenvalue weighted by Gasteiger charge is -2.40. The first kappa shape index (κ1) is 38.5. The largest absolute Gasteiger partial charge is 0.494 e. The van der Waals surface area contributed by atoms with Crippen LogP contribution in [0.4, 0.5) is 17.6 Å². The molecule has 0 radical (unpaired) electrons. The topological polar surface area (TPSA) is 27.7 Å². The van der Waals surface area contributed by atoms with E-state index in [0.29, 0.717) is 38.2 Å². The zero-order valence-corrected chi connectivity index (χ0v) is 32.3. The Morgan fingerprint density at radius 1 is 0.691 bits per heavy atom. The summed E-state index contributed by atoms with van der Waals surface area (Å²) in [5.74, 6) is 2.23. The van der Waals surface area contributed by atoms with Gasteiger partial charge in [-0.05, 0) is 123 Å². The second-order valence-corrected chi connectivity index (χ2v) is 15.2. The van der Waals surface area contributed by atoms with Crippen LogP contribution in [0, 0.1) is 13.8 Å². The third-order valence-corrected chi connectivity index (χ3v) is 11.2. The minimum Gasteiger partial charge on any atom is -0.494 e. The van der Waals surface area contributed by atoms with Crippen molar-refractivity contribution in [1.82, 2.24) is 0 Å². The number of aryl methyl sites for hydroxylation is 2. The number of hydrogen-bond acceptors (Lipinski definition) is 3. The van der Waals surface area contributed by atoms with Crippen molar-refractivity contribution in [3.63, 3.8) is 0 Å². The van der Waals surface area contributed by atoms with E-state index in [9.17, 15) is 17.6 Å². The van der Waals surface area contributed by atoms with Crippen molar-refractivity contribution in [2.24, 2.45) is 0 Å². The number of alkyl halides is 4. The molecule has 5 aromatic rings. The fraction of sp³-hybridized carbons (Fsp3) is 0.375. The molecule has 5 aromatic carbocycles. The molecule has 1 unspecified atom stereocenters. The third-order valence-electron chi connectivity index (χ3n) is 11.2. The minimum atomic E-state index is -4.28. The van der Waals surface area contributed by atoms with Crippen LogP contribution in [0.5, 0.6) is 17.2 Å². The number of rotatable bonds is 15. The molecule has 1 atom stereocenters. The first-order chi connectivity index (χ1) is 26.5. The van der Waals surface area contributed by atoms with Gasteiger partial charge in [0.1, 0.15) is 17.2 Å². The molecule has 0 saturated heterocycles. The Morgan fingerprint density at radius 3 is 1.89 bits per heavy atom. The van der Waals surface area contributed by atoms with Crippen LogP contribution in [-0.2, 0) is 11.0 Å². The van der Waals surface area contributed by atoms with Crippen LogP contribution < -0.4 is 14.2 Å². The molecule has 0 fully saturated rings. The minimum absolute atomic E-state index is 0.0416. The highest BCUT2D eigenvalue weighted by molar-refractivity contribution is 6.08. The summed E-state index contributed by atoms with van der Waals surface area (Å²) in [7, 11) is 0. The first-order valence-corrected chi connectivity index (χ1v) is 19.7. The predicted molar refractivity (Wildman–Crippen MR) is 214 cm³/mol. The number of hydrogen-bond donors (Lipinski definition) is 0.